The number of hydrogen-bond acceptors (Lipinski definition) is 3. The number of hydrogen-bond donors (Lipinski definition) is 1. The number of benzene rings is 1. The molecule has 1 aromatic rings. The van der Waals surface area contributed by atoms with Crippen LogP contribution in [0, 0.1) is 17.2 Å². The first kappa shape index (κ1) is 10.6. The molecule has 1 aliphatic carbocycles. The predicted octanol–water partition coefficient (Wildman–Crippen LogP) is 2.05. The molecule has 2 atom stereocenters. The van der Waals surface area contributed by atoms with E-state index in [0.717, 1.165) is 25.1 Å². The Bertz CT molecular complexity index is 473. The van der Waals surface area contributed by atoms with Crippen LogP contribution in [0.1, 0.15) is 24.3 Å². The second kappa shape index (κ2) is 3.75. The summed E-state index contributed by atoms with van der Waals surface area (Å²) in [5, 5.41) is 12.9. The molecule has 3 rings (SSSR count). The van der Waals surface area contributed by atoms with E-state index in [0.29, 0.717) is 5.92 Å². The van der Waals surface area contributed by atoms with Gasteiger partial charge in [0.05, 0.1) is 19.1 Å². The number of methoxy groups -OCH3 is 1. The topological polar surface area (TPSA) is 45.0 Å². The molecule has 2 aliphatic rings. The van der Waals surface area contributed by atoms with E-state index in [2.05, 4.69) is 23.5 Å². The van der Waals surface area contributed by atoms with Crippen LogP contribution in [0.25, 0.3) is 0 Å². The van der Waals surface area contributed by atoms with Crippen molar-refractivity contribution in [3.63, 3.8) is 0 Å². The standard InChI is InChI=1S/C14H16N2O/c1-17-11-4-2-3-10(7-11)12-9-16-14(5-6-14)13(12)8-15/h2-4,7,12-13,16H,5-6,9H2,1H3/t12-,13?/m1/s1. The lowest BCUT2D eigenvalue weighted by molar-refractivity contribution is 0.413. The molecule has 1 aromatic carbocycles. The number of nitriles is 1. The first-order valence-electron chi connectivity index (χ1n) is 6.08. The lowest BCUT2D eigenvalue weighted by Crippen LogP contribution is -2.28. The van der Waals surface area contributed by atoms with E-state index < -0.39 is 0 Å². The van der Waals surface area contributed by atoms with Crippen LogP contribution in [0.2, 0.25) is 0 Å². The summed E-state index contributed by atoms with van der Waals surface area (Å²) in [5.41, 5.74) is 1.34. The van der Waals surface area contributed by atoms with E-state index in [1.54, 1.807) is 7.11 Å². The minimum absolute atomic E-state index is 0.106. The molecule has 0 aromatic heterocycles. The van der Waals surface area contributed by atoms with E-state index in [1.165, 1.54) is 5.56 Å². The van der Waals surface area contributed by atoms with Gasteiger partial charge in [0, 0.05) is 18.0 Å². The Kier molecular flexibility index (Phi) is 2.34. The van der Waals surface area contributed by atoms with Crippen LogP contribution in [-0.2, 0) is 0 Å². The molecule has 1 N–H and O–H groups in total. The summed E-state index contributed by atoms with van der Waals surface area (Å²) in [6.07, 6.45) is 2.29. The average molecular weight is 228 g/mol. The van der Waals surface area contributed by atoms with Gasteiger partial charge in [0.25, 0.3) is 0 Å². The van der Waals surface area contributed by atoms with Crippen LogP contribution in [0.15, 0.2) is 24.3 Å². The van der Waals surface area contributed by atoms with Crippen LogP contribution in [0.3, 0.4) is 0 Å². The molecular weight excluding hydrogens is 212 g/mol. The maximum Gasteiger partial charge on any atom is 0.119 e. The lowest BCUT2D eigenvalue weighted by Gasteiger charge is -2.17. The van der Waals surface area contributed by atoms with Crippen molar-refractivity contribution < 1.29 is 4.74 Å². The van der Waals surface area contributed by atoms with Gasteiger partial charge in [0.15, 0.2) is 0 Å². The number of nitrogens with one attached hydrogen (secondary N) is 1. The van der Waals surface area contributed by atoms with Crippen LogP contribution >= 0.6 is 0 Å². The van der Waals surface area contributed by atoms with Crippen LogP contribution < -0.4 is 10.1 Å². The smallest absolute Gasteiger partial charge is 0.119 e. The number of rotatable bonds is 2. The summed E-state index contributed by atoms with van der Waals surface area (Å²) >= 11 is 0. The summed E-state index contributed by atoms with van der Waals surface area (Å²) in [6, 6.07) is 10.6. The second-order valence-electron chi connectivity index (χ2n) is 5.03. The fourth-order valence-corrected chi connectivity index (χ4v) is 2.94. The molecule has 1 unspecified atom stereocenters. The Labute approximate surface area is 101 Å². The second-order valence-corrected chi connectivity index (χ2v) is 5.03. The highest BCUT2D eigenvalue weighted by molar-refractivity contribution is 5.36. The third kappa shape index (κ3) is 1.60. The van der Waals surface area contributed by atoms with Gasteiger partial charge in [-0.05, 0) is 30.5 Å². The van der Waals surface area contributed by atoms with Crippen molar-refractivity contribution in [2.45, 2.75) is 24.3 Å². The van der Waals surface area contributed by atoms with E-state index >= 15 is 0 Å². The molecule has 3 heteroatoms. The minimum Gasteiger partial charge on any atom is -0.497 e. The van der Waals surface area contributed by atoms with Crippen LogP contribution in [-0.4, -0.2) is 19.2 Å². The van der Waals surface area contributed by atoms with Gasteiger partial charge in [0.1, 0.15) is 5.75 Å². The van der Waals surface area contributed by atoms with Gasteiger partial charge < -0.3 is 10.1 Å². The first-order chi connectivity index (χ1) is 8.29. The maximum atomic E-state index is 9.38. The number of nitrogens with zero attached hydrogens (tertiary/aromatic N) is 1. The fourth-order valence-electron chi connectivity index (χ4n) is 2.94. The Balaban J connectivity index is 1.91. The third-order valence-corrected chi connectivity index (χ3v) is 4.12. The normalized spacial score (nSPS) is 28.9. The summed E-state index contributed by atoms with van der Waals surface area (Å²) in [5.74, 6) is 1.28. The van der Waals surface area contributed by atoms with Crippen LogP contribution in [0.4, 0.5) is 0 Å². The highest BCUT2D eigenvalue weighted by Gasteiger charge is 2.56. The SMILES string of the molecule is COc1cccc([C@H]2CNC3(CC3)C2C#N)c1. The Morgan fingerprint density at radius 2 is 2.29 bits per heavy atom. The van der Waals surface area contributed by atoms with Gasteiger partial charge in [-0.2, -0.15) is 5.26 Å². The Morgan fingerprint density at radius 3 is 2.94 bits per heavy atom. The highest BCUT2D eigenvalue weighted by atomic mass is 16.5. The molecule has 2 fully saturated rings. The van der Waals surface area contributed by atoms with Gasteiger partial charge in [-0.3, -0.25) is 0 Å². The Hall–Kier alpha value is -1.53. The molecule has 0 bridgehead atoms. The summed E-state index contributed by atoms with van der Waals surface area (Å²) in [7, 11) is 1.68. The molecular formula is C14H16N2O. The highest BCUT2D eigenvalue weighted by Crippen LogP contribution is 2.52. The van der Waals surface area contributed by atoms with Crippen molar-refractivity contribution in [3.05, 3.63) is 29.8 Å². The Morgan fingerprint density at radius 1 is 1.47 bits per heavy atom. The van der Waals surface area contributed by atoms with E-state index in [9.17, 15) is 5.26 Å². The van der Waals surface area contributed by atoms with Crippen molar-refractivity contribution in [1.82, 2.24) is 5.32 Å². The van der Waals surface area contributed by atoms with Gasteiger partial charge in [-0.15, -0.1) is 0 Å². The minimum atomic E-state index is 0.106. The molecule has 0 radical (unpaired) electrons. The molecule has 1 aliphatic heterocycles. The summed E-state index contributed by atoms with van der Waals surface area (Å²) < 4.78 is 5.25. The van der Waals surface area contributed by atoms with Gasteiger partial charge >= 0.3 is 0 Å². The van der Waals surface area contributed by atoms with E-state index in [-0.39, 0.29) is 11.5 Å². The largest absolute Gasteiger partial charge is 0.497 e. The van der Waals surface area contributed by atoms with Crippen molar-refractivity contribution in [2.24, 2.45) is 5.92 Å². The van der Waals surface area contributed by atoms with Crippen LogP contribution in [0.5, 0.6) is 5.75 Å². The monoisotopic (exact) mass is 228 g/mol. The predicted molar refractivity (Wildman–Crippen MR) is 64.8 cm³/mol. The molecule has 17 heavy (non-hydrogen) atoms. The van der Waals surface area contributed by atoms with Crippen molar-refractivity contribution in [2.75, 3.05) is 13.7 Å². The molecule has 3 nitrogen and oxygen atoms in total. The van der Waals surface area contributed by atoms with Crippen molar-refractivity contribution in [3.8, 4) is 11.8 Å². The molecule has 1 spiro atoms. The van der Waals surface area contributed by atoms with Gasteiger partial charge in [-0.1, -0.05) is 12.1 Å². The lowest BCUT2D eigenvalue weighted by atomic mass is 9.85. The maximum absolute atomic E-state index is 9.38. The van der Waals surface area contributed by atoms with Crippen molar-refractivity contribution >= 4 is 0 Å². The zero-order valence-electron chi connectivity index (χ0n) is 9.94. The van der Waals surface area contributed by atoms with E-state index in [4.69, 9.17) is 4.74 Å². The molecule has 0 amide bonds. The average Bonchev–Trinajstić information content (AvgIpc) is 3.04. The molecule has 1 saturated heterocycles. The van der Waals surface area contributed by atoms with Gasteiger partial charge in [-0.25, -0.2) is 0 Å². The zero-order chi connectivity index (χ0) is 11.9. The molecule has 1 saturated carbocycles. The number of ether oxygens (including phenoxy) is 1. The third-order valence-electron chi connectivity index (χ3n) is 4.12. The van der Waals surface area contributed by atoms with Gasteiger partial charge in [0.2, 0.25) is 0 Å². The summed E-state index contributed by atoms with van der Waals surface area (Å²) in [6.45, 7) is 0.908. The zero-order valence-corrected chi connectivity index (χ0v) is 9.94. The molecule has 1 heterocycles. The first-order valence-corrected chi connectivity index (χ1v) is 6.08. The van der Waals surface area contributed by atoms with E-state index in [1.807, 2.05) is 12.1 Å². The quantitative estimate of drug-likeness (QED) is 0.842. The van der Waals surface area contributed by atoms with Crippen molar-refractivity contribution in [1.29, 1.82) is 5.26 Å². The summed E-state index contributed by atoms with van der Waals surface area (Å²) in [4.78, 5) is 0. The molecule has 88 valence electrons. The fraction of sp³-hybridized carbons (Fsp3) is 0.500.